The molecule has 10 atom stereocenters. The Morgan fingerprint density at radius 2 is 1.44 bits per heavy atom. The molecular formula is C19H29NO12. The predicted molar refractivity (Wildman–Crippen MR) is 102 cm³/mol. The molecule has 0 aliphatic carbocycles. The highest BCUT2D eigenvalue weighted by molar-refractivity contribution is 5.27. The van der Waals surface area contributed by atoms with Crippen LogP contribution < -0.4 is 9.96 Å². The number of quaternary nitrogens is 1. The van der Waals surface area contributed by atoms with Crippen molar-refractivity contribution >= 4 is 0 Å². The van der Waals surface area contributed by atoms with Crippen molar-refractivity contribution in [1.82, 2.24) is 0 Å². The van der Waals surface area contributed by atoms with Crippen LogP contribution in [0, 0.1) is 5.21 Å². The summed E-state index contributed by atoms with van der Waals surface area (Å²) in [6, 6.07) is 6.41. The van der Waals surface area contributed by atoms with Crippen LogP contribution >= 0.6 is 0 Å². The van der Waals surface area contributed by atoms with Crippen molar-refractivity contribution in [2.75, 3.05) is 19.8 Å². The number of aliphatic hydroxyl groups excluding tert-OH is 6. The van der Waals surface area contributed by atoms with E-state index in [4.69, 9.17) is 29.3 Å². The third kappa shape index (κ3) is 5.91. The molecule has 2 aliphatic rings. The number of nitrogens with one attached hydrogen (secondary N) is 1. The monoisotopic (exact) mass is 463 g/mol. The molecule has 2 saturated heterocycles. The van der Waals surface area contributed by atoms with E-state index in [2.05, 4.69) is 0 Å². The van der Waals surface area contributed by atoms with Crippen molar-refractivity contribution in [2.24, 2.45) is 0 Å². The van der Waals surface area contributed by atoms with Gasteiger partial charge in [-0.15, -0.1) is 0 Å². The summed E-state index contributed by atoms with van der Waals surface area (Å²) in [4.78, 5) is 0. The SMILES string of the molecule is [O-][NH+](O)CCc1ccc(OC2OC(COC3OC(CO)C(O)C3O)C(O)C(O)C2O)cc1. The van der Waals surface area contributed by atoms with Crippen LogP contribution in [-0.4, -0.2) is 111 Å². The fraction of sp³-hybridized carbons (Fsp3) is 0.684. The maximum absolute atomic E-state index is 10.7. The minimum absolute atomic E-state index is 0.0219. The Morgan fingerprint density at radius 3 is 2.03 bits per heavy atom. The first-order valence-corrected chi connectivity index (χ1v) is 10.1. The van der Waals surface area contributed by atoms with Crippen molar-refractivity contribution in [3.63, 3.8) is 0 Å². The maximum Gasteiger partial charge on any atom is 0.229 e. The molecule has 10 unspecified atom stereocenters. The van der Waals surface area contributed by atoms with Gasteiger partial charge in [0.2, 0.25) is 6.29 Å². The summed E-state index contributed by atoms with van der Waals surface area (Å²) in [6.45, 7) is -0.937. The summed E-state index contributed by atoms with van der Waals surface area (Å²) in [5.74, 6) is 0.278. The largest absolute Gasteiger partial charge is 0.600 e. The summed E-state index contributed by atoms with van der Waals surface area (Å²) < 4.78 is 21.6. The second-order valence-corrected chi connectivity index (χ2v) is 7.71. The number of hydroxylamine groups is 2. The lowest BCUT2D eigenvalue weighted by Gasteiger charge is -2.40. The van der Waals surface area contributed by atoms with E-state index in [1.54, 1.807) is 24.3 Å². The van der Waals surface area contributed by atoms with Crippen LogP contribution in [0.15, 0.2) is 24.3 Å². The highest BCUT2D eigenvalue weighted by Gasteiger charge is 2.47. The molecule has 2 fully saturated rings. The molecule has 1 aromatic carbocycles. The molecule has 13 nitrogen and oxygen atoms in total. The smallest absolute Gasteiger partial charge is 0.229 e. The second-order valence-electron chi connectivity index (χ2n) is 7.71. The lowest BCUT2D eigenvalue weighted by Crippen LogP contribution is -3.04. The normalized spacial score (nSPS) is 38.6. The molecule has 0 bridgehead atoms. The number of ether oxygens (including phenoxy) is 4. The Hall–Kier alpha value is -1.46. The fourth-order valence-electron chi connectivity index (χ4n) is 3.46. The van der Waals surface area contributed by atoms with Crippen molar-refractivity contribution in [1.29, 1.82) is 0 Å². The molecular weight excluding hydrogens is 434 g/mol. The fourth-order valence-corrected chi connectivity index (χ4v) is 3.46. The molecule has 2 aliphatic heterocycles. The lowest BCUT2D eigenvalue weighted by molar-refractivity contribution is -1.05. The van der Waals surface area contributed by atoms with Crippen LogP contribution in [-0.2, 0) is 20.6 Å². The van der Waals surface area contributed by atoms with E-state index in [1.165, 1.54) is 0 Å². The first-order chi connectivity index (χ1) is 15.2. The van der Waals surface area contributed by atoms with Gasteiger partial charge < -0.3 is 54.8 Å². The zero-order valence-corrected chi connectivity index (χ0v) is 17.0. The van der Waals surface area contributed by atoms with E-state index in [9.17, 15) is 30.7 Å². The van der Waals surface area contributed by atoms with E-state index in [1.807, 2.05) is 0 Å². The zero-order valence-electron chi connectivity index (χ0n) is 17.0. The van der Waals surface area contributed by atoms with Crippen LogP contribution in [0.3, 0.4) is 0 Å². The van der Waals surface area contributed by atoms with Gasteiger partial charge in [0.1, 0.15) is 55.0 Å². The van der Waals surface area contributed by atoms with E-state index in [-0.39, 0.29) is 18.9 Å². The summed E-state index contributed by atoms with van der Waals surface area (Å²) in [7, 11) is 0. The summed E-state index contributed by atoms with van der Waals surface area (Å²) in [6.07, 6.45) is -12.1. The number of hydrogen-bond donors (Lipinski definition) is 8. The molecule has 2 heterocycles. The number of aliphatic hydroxyl groups is 6. The number of rotatable bonds is 9. The van der Waals surface area contributed by atoms with Gasteiger partial charge in [0.25, 0.3) is 0 Å². The van der Waals surface area contributed by atoms with E-state index >= 15 is 0 Å². The van der Waals surface area contributed by atoms with Crippen LogP contribution in [0.5, 0.6) is 5.75 Å². The molecule has 13 heteroatoms. The molecule has 0 saturated carbocycles. The number of hydrogen-bond acceptors (Lipinski definition) is 12. The Kier molecular flexibility index (Phi) is 8.74. The van der Waals surface area contributed by atoms with E-state index in [0.717, 1.165) is 5.56 Å². The molecule has 0 aromatic heterocycles. The molecule has 182 valence electrons. The second kappa shape index (κ2) is 11.1. The van der Waals surface area contributed by atoms with E-state index < -0.39 is 67.1 Å². The summed E-state index contributed by atoms with van der Waals surface area (Å²) in [5.41, 5.74) is 0.769. The summed E-state index contributed by atoms with van der Waals surface area (Å²) >= 11 is 0. The van der Waals surface area contributed by atoms with Crippen molar-refractivity contribution in [3.05, 3.63) is 35.0 Å². The van der Waals surface area contributed by atoms with Gasteiger partial charge in [0.05, 0.1) is 13.2 Å². The lowest BCUT2D eigenvalue weighted by atomic mass is 9.99. The molecule has 0 amide bonds. The van der Waals surface area contributed by atoms with Crippen LogP contribution in [0.1, 0.15) is 5.56 Å². The average Bonchev–Trinajstić information content (AvgIpc) is 3.06. The molecule has 0 radical (unpaired) electrons. The summed E-state index contributed by atoms with van der Waals surface area (Å²) in [5, 5.41) is 77.9. The molecule has 0 spiro atoms. The van der Waals surface area contributed by atoms with Crippen LogP contribution in [0.2, 0.25) is 0 Å². The maximum atomic E-state index is 10.7. The van der Waals surface area contributed by atoms with Crippen LogP contribution in [0.4, 0.5) is 0 Å². The van der Waals surface area contributed by atoms with Gasteiger partial charge in [-0.25, -0.2) is 10.4 Å². The quantitative estimate of drug-likeness (QED) is 0.164. The molecule has 1 aromatic rings. The highest BCUT2D eigenvalue weighted by atomic mass is 16.8. The van der Waals surface area contributed by atoms with Crippen molar-refractivity contribution in [2.45, 2.75) is 61.7 Å². The van der Waals surface area contributed by atoms with Crippen LogP contribution in [0.25, 0.3) is 0 Å². The zero-order chi connectivity index (χ0) is 23.4. The van der Waals surface area contributed by atoms with Gasteiger partial charge in [0.15, 0.2) is 6.29 Å². The molecule has 32 heavy (non-hydrogen) atoms. The highest BCUT2D eigenvalue weighted by Crippen LogP contribution is 2.27. The first-order valence-electron chi connectivity index (χ1n) is 10.1. The predicted octanol–water partition coefficient (Wildman–Crippen LogP) is -4.36. The third-order valence-corrected chi connectivity index (χ3v) is 5.39. The Balaban J connectivity index is 1.58. The van der Waals surface area contributed by atoms with Gasteiger partial charge in [0, 0.05) is 6.42 Å². The van der Waals surface area contributed by atoms with Gasteiger partial charge in [-0.05, 0) is 17.7 Å². The third-order valence-electron chi connectivity index (χ3n) is 5.39. The van der Waals surface area contributed by atoms with Crippen molar-refractivity contribution in [3.8, 4) is 5.75 Å². The van der Waals surface area contributed by atoms with Gasteiger partial charge in [-0.3, -0.25) is 0 Å². The minimum Gasteiger partial charge on any atom is -0.600 e. The van der Waals surface area contributed by atoms with Gasteiger partial charge >= 0.3 is 0 Å². The standard InChI is InChI=1S/C19H29NO12/c21-7-11-13(22)16(25)18(31-11)29-8-12-14(23)15(24)17(26)19(32-12)30-10-3-1-9(2-4-10)5-6-20(27)28/h1-4,11-27H,5-8H2. The van der Waals surface area contributed by atoms with E-state index in [0.29, 0.717) is 6.42 Å². The Bertz CT molecular complexity index is 706. The molecule has 8 N–H and O–H groups in total. The Morgan fingerprint density at radius 1 is 0.844 bits per heavy atom. The van der Waals surface area contributed by atoms with Gasteiger partial charge in [-0.2, -0.15) is 0 Å². The number of benzene rings is 1. The minimum atomic E-state index is -1.62. The molecule has 3 rings (SSSR count). The average molecular weight is 463 g/mol. The topological polar surface area (TPSA) is 206 Å². The Labute approximate surface area is 183 Å². The van der Waals surface area contributed by atoms with Crippen molar-refractivity contribution < 1.29 is 60.0 Å². The first kappa shape index (κ1) is 25.2. The van der Waals surface area contributed by atoms with Gasteiger partial charge in [-0.1, -0.05) is 12.1 Å².